The Morgan fingerprint density at radius 3 is 2.26 bits per heavy atom. The summed E-state index contributed by atoms with van der Waals surface area (Å²) in [4.78, 5) is 0. The predicted molar refractivity (Wildman–Crippen MR) is 108 cm³/mol. The molecule has 0 aliphatic heterocycles. The first-order valence-corrected chi connectivity index (χ1v) is 9.19. The highest BCUT2D eigenvalue weighted by Crippen LogP contribution is 2.30. The van der Waals surface area contributed by atoms with Gasteiger partial charge in [0.15, 0.2) is 0 Å². The standard InChI is InChI=1S/C25H21FO/c26-24-14-16-25(17-15-24)27-18-19-6-8-21(9-7-19)23-12-10-22(11-13-23)20-4-2-1-3-5-20/h1-10,12-17,22H,11,18H2. The smallest absolute Gasteiger partial charge is 0.123 e. The highest BCUT2D eigenvalue weighted by atomic mass is 19.1. The molecule has 134 valence electrons. The Morgan fingerprint density at radius 1 is 0.852 bits per heavy atom. The Labute approximate surface area is 159 Å². The van der Waals surface area contributed by atoms with Gasteiger partial charge in [-0.3, -0.25) is 0 Å². The van der Waals surface area contributed by atoms with Crippen LogP contribution in [-0.4, -0.2) is 0 Å². The van der Waals surface area contributed by atoms with E-state index in [9.17, 15) is 4.39 Å². The SMILES string of the molecule is Fc1ccc(OCc2ccc(C3=CCC(c4ccccc4)C=C3)cc2)cc1. The van der Waals surface area contributed by atoms with Crippen LogP contribution in [0.5, 0.6) is 5.75 Å². The number of rotatable bonds is 5. The zero-order valence-electron chi connectivity index (χ0n) is 15.0. The van der Waals surface area contributed by atoms with Gasteiger partial charge < -0.3 is 4.74 Å². The van der Waals surface area contributed by atoms with Gasteiger partial charge >= 0.3 is 0 Å². The van der Waals surface area contributed by atoms with Crippen LogP contribution in [0.3, 0.4) is 0 Å². The van der Waals surface area contributed by atoms with E-state index in [0.717, 1.165) is 12.0 Å². The van der Waals surface area contributed by atoms with Crippen LogP contribution in [0, 0.1) is 5.82 Å². The molecule has 3 aromatic carbocycles. The van der Waals surface area contributed by atoms with Gasteiger partial charge in [0.1, 0.15) is 18.2 Å². The van der Waals surface area contributed by atoms with Crippen molar-refractivity contribution in [2.75, 3.05) is 0 Å². The lowest BCUT2D eigenvalue weighted by Crippen LogP contribution is -1.99. The van der Waals surface area contributed by atoms with Crippen molar-refractivity contribution in [2.45, 2.75) is 18.9 Å². The van der Waals surface area contributed by atoms with Crippen molar-refractivity contribution in [1.82, 2.24) is 0 Å². The molecule has 27 heavy (non-hydrogen) atoms. The molecule has 0 aromatic heterocycles. The van der Waals surface area contributed by atoms with Crippen LogP contribution >= 0.6 is 0 Å². The van der Waals surface area contributed by atoms with E-state index < -0.39 is 0 Å². The molecule has 4 rings (SSSR count). The van der Waals surface area contributed by atoms with Crippen molar-refractivity contribution in [3.63, 3.8) is 0 Å². The zero-order chi connectivity index (χ0) is 18.5. The number of benzene rings is 3. The molecule has 0 fully saturated rings. The monoisotopic (exact) mass is 356 g/mol. The molecule has 0 saturated carbocycles. The average Bonchev–Trinajstić information content (AvgIpc) is 2.75. The molecule has 1 atom stereocenters. The van der Waals surface area contributed by atoms with Gasteiger partial charge in [0.2, 0.25) is 0 Å². The summed E-state index contributed by atoms with van der Waals surface area (Å²) < 4.78 is 18.6. The van der Waals surface area contributed by atoms with Crippen molar-refractivity contribution >= 4 is 5.57 Å². The summed E-state index contributed by atoms with van der Waals surface area (Å²) in [5.74, 6) is 0.874. The topological polar surface area (TPSA) is 9.23 Å². The van der Waals surface area contributed by atoms with E-state index in [1.807, 2.05) is 0 Å². The van der Waals surface area contributed by atoms with E-state index in [-0.39, 0.29) is 5.82 Å². The summed E-state index contributed by atoms with van der Waals surface area (Å²) in [7, 11) is 0. The molecule has 0 amide bonds. The lowest BCUT2D eigenvalue weighted by atomic mass is 9.88. The maximum absolute atomic E-state index is 12.9. The third kappa shape index (κ3) is 4.35. The molecule has 0 spiro atoms. The van der Waals surface area contributed by atoms with E-state index in [1.165, 1.54) is 28.8 Å². The molecule has 0 radical (unpaired) electrons. The average molecular weight is 356 g/mol. The molecule has 0 saturated heterocycles. The van der Waals surface area contributed by atoms with E-state index in [2.05, 4.69) is 72.8 Å². The summed E-state index contributed by atoms with van der Waals surface area (Å²) in [5.41, 5.74) is 4.92. The van der Waals surface area contributed by atoms with E-state index in [0.29, 0.717) is 18.3 Å². The highest BCUT2D eigenvalue weighted by molar-refractivity contribution is 5.75. The second-order valence-corrected chi connectivity index (χ2v) is 6.71. The summed E-state index contributed by atoms with van der Waals surface area (Å²) in [6.45, 7) is 0.469. The van der Waals surface area contributed by atoms with Gasteiger partial charge in [-0.25, -0.2) is 4.39 Å². The summed E-state index contributed by atoms with van der Waals surface area (Å²) in [6, 6.07) is 25.1. The molecule has 1 aliphatic carbocycles. The summed E-state index contributed by atoms with van der Waals surface area (Å²) in [6.07, 6.45) is 7.83. The minimum Gasteiger partial charge on any atom is -0.489 e. The second-order valence-electron chi connectivity index (χ2n) is 6.71. The Kier molecular flexibility index (Phi) is 5.15. The molecular formula is C25H21FO. The van der Waals surface area contributed by atoms with Gasteiger partial charge in [0.05, 0.1) is 0 Å². The van der Waals surface area contributed by atoms with Crippen LogP contribution in [0.1, 0.15) is 29.0 Å². The van der Waals surface area contributed by atoms with E-state index in [1.54, 1.807) is 12.1 Å². The highest BCUT2D eigenvalue weighted by Gasteiger charge is 2.11. The van der Waals surface area contributed by atoms with Crippen LogP contribution in [0.15, 0.2) is 97.1 Å². The second kappa shape index (κ2) is 8.05. The predicted octanol–water partition coefficient (Wildman–Crippen LogP) is 6.53. The van der Waals surface area contributed by atoms with Crippen molar-refractivity contribution in [3.05, 3.63) is 120 Å². The van der Waals surface area contributed by atoms with Crippen molar-refractivity contribution < 1.29 is 9.13 Å². The summed E-state index contributed by atoms with van der Waals surface area (Å²) in [5, 5.41) is 0. The molecule has 0 heterocycles. The fourth-order valence-electron chi connectivity index (χ4n) is 3.27. The van der Waals surface area contributed by atoms with Crippen molar-refractivity contribution in [2.24, 2.45) is 0 Å². The maximum Gasteiger partial charge on any atom is 0.123 e. The first kappa shape index (κ1) is 17.3. The Balaban J connectivity index is 1.37. The number of ether oxygens (including phenoxy) is 1. The molecule has 1 aliphatic rings. The minimum absolute atomic E-state index is 0.255. The molecular weight excluding hydrogens is 335 g/mol. The van der Waals surface area contributed by atoms with Gasteiger partial charge in [0.25, 0.3) is 0 Å². The molecule has 2 heteroatoms. The lowest BCUT2D eigenvalue weighted by Gasteiger charge is -2.17. The lowest BCUT2D eigenvalue weighted by molar-refractivity contribution is 0.305. The third-order valence-electron chi connectivity index (χ3n) is 4.83. The third-order valence-corrected chi connectivity index (χ3v) is 4.83. The Hall–Kier alpha value is -3.13. The quantitative estimate of drug-likeness (QED) is 0.505. The van der Waals surface area contributed by atoms with E-state index >= 15 is 0 Å². The molecule has 0 N–H and O–H groups in total. The Bertz CT molecular complexity index is 938. The van der Waals surface area contributed by atoms with Crippen LogP contribution in [0.4, 0.5) is 4.39 Å². The molecule has 1 nitrogen and oxygen atoms in total. The van der Waals surface area contributed by atoms with Crippen LogP contribution < -0.4 is 4.74 Å². The number of hydrogen-bond donors (Lipinski definition) is 0. The minimum atomic E-state index is -0.255. The van der Waals surface area contributed by atoms with Crippen LogP contribution in [-0.2, 0) is 6.61 Å². The first-order valence-electron chi connectivity index (χ1n) is 9.19. The van der Waals surface area contributed by atoms with Gasteiger partial charge in [-0.05, 0) is 52.9 Å². The molecule has 0 bridgehead atoms. The maximum atomic E-state index is 12.9. The largest absolute Gasteiger partial charge is 0.489 e. The van der Waals surface area contributed by atoms with Gasteiger partial charge in [-0.15, -0.1) is 0 Å². The van der Waals surface area contributed by atoms with Gasteiger partial charge in [0, 0.05) is 5.92 Å². The fraction of sp³-hybridized carbons (Fsp3) is 0.120. The fourth-order valence-corrected chi connectivity index (χ4v) is 3.27. The van der Waals surface area contributed by atoms with E-state index in [4.69, 9.17) is 4.74 Å². The normalized spacial score (nSPS) is 16.0. The summed E-state index contributed by atoms with van der Waals surface area (Å²) >= 11 is 0. The van der Waals surface area contributed by atoms with Gasteiger partial charge in [-0.2, -0.15) is 0 Å². The van der Waals surface area contributed by atoms with Crippen LogP contribution in [0.2, 0.25) is 0 Å². The first-order chi connectivity index (χ1) is 13.3. The van der Waals surface area contributed by atoms with Crippen molar-refractivity contribution in [1.29, 1.82) is 0 Å². The van der Waals surface area contributed by atoms with Crippen LogP contribution in [0.25, 0.3) is 5.57 Å². The van der Waals surface area contributed by atoms with Gasteiger partial charge in [-0.1, -0.05) is 72.8 Å². The van der Waals surface area contributed by atoms with Crippen molar-refractivity contribution in [3.8, 4) is 5.75 Å². The number of halogens is 1. The zero-order valence-corrected chi connectivity index (χ0v) is 15.0. The number of hydrogen-bond acceptors (Lipinski definition) is 1. The molecule has 3 aromatic rings. The molecule has 1 unspecified atom stereocenters. The number of allylic oxidation sites excluding steroid dienone is 4. The Morgan fingerprint density at radius 2 is 1.59 bits per heavy atom.